The van der Waals surface area contributed by atoms with Crippen LogP contribution in [0.5, 0.6) is 5.75 Å². The van der Waals surface area contributed by atoms with Crippen molar-refractivity contribution in [3.8, 4) is 5.75 Å². The van der Waals surface area contributed by atoms with Crippen molar-refractivity contribution in [3.05, 3.63) is 64.5 Å². The van der Waals surface area contributed by atoms with Gasteiger partial charge in [0.05, 0.1) is 0 Å². The smallest absolute Gasteiger partial charge is 0.146 e. The Morgan fingerprint density at radius 3 is 2.90 bits per heavy atom. The van der Waals surface area contributed by atoms with Crippen LogP contribution < -0.4 is 10.5 Å². The normalized spacial score (nSPS) is 10.8. The van der Waals surface area contributed by atoms with Gasteiger partial charge in [0.25, 0.3) is 0 Å². The van der Waals surface area contributed by atoms with Gasteiger partial charge in [0.1, 0.15) is 23.7 Å². The van der Waals surface area contributed by atoms with E-state index in [0.717, 1.165) is 15.4 Å². The van der Waals surface area contributed by atoms with Crippen molar-refractivity contribution in [2.45, 2.75) is 6.61 Å². The number of benzene rings is 2. The summed E-state index contributed by atoms with van der Waals surface area (Å²) in [5, 5.41) is 0.841. The van der Waals surface area contributed by atoms with E-state index in [1.54, 1.807) is 24.4 Å². The third kappa shape index (κ3) is 2.83. The van der Waals surface area contributed by atoms with Crippen molar-refractivity contribution in [2.75, 3.05) is 5.73 Å². The molecule has 0 spiro atoms. The molecule has 0 bridgehead atoms. The Balaban J connectivity index is 1.92. The maximum absolute atomic E-state index is 13.3. The number of nitrogens with two attached hydrogens (primary N) is 1. The number of anilines is 1. The lowest BCUT2D eigenvalue weighted by molar-refractivity contribution is 0.308. The topological polar surface area (TPSA) is 48.1 Å². The molecule has 2 aromatic carbocycles. The second kappa shape index (κ2) is 5.69. The maximum Gasteiger partial charge on any atom is 0.146 e. The average Bonchev–Trinajstić information content (AvgIpc) is 2.50. The average molecular weight is 347 g/mol. The van der Waals surface area contributed by atoms with Crippen LogP contribution in [0.15, 0.2) is 53.1 Å². The summed E-state index contributed by atoms with van der Waals surface area (Å²) in [7, 11) is 0. The lowest BCUT2D eigenvalue weighted by Gasteiger charge is -2.11. The zero-order chi connectivity index (χ0) is 14.8. The Kier molecular flexibility index (Phi) is 3.75. The first-order valence-corrected chi connectivity index (χ1v) is 7.14. The molecule has 0 fully saturated rings. The van der Waals surface area contributed by atoms with Gasteiger partial charge in [-0.05, 0) is 42.5 Å². The minimum atomic E-state index is -0.294. The molecule has 3 rings (SSSR count). The first-order valence-electron chi connectivity index (χ1n) is 6.35. The van der Waals surface area contributed by atoms with Crippen LogP contribution in [0, 0.1) is 5.82 Å². The van der Waals surface area contributed by atoms with Gasteiger partial charge in [-0.3, -0.25) is 4.98 Å². The van der Waals surface area contributed by atoms with Crippen LogP contribution in [0.4, 0.5) is 10.1 Å². The predicted molar refractivity (Wildman–Crippen MR) is 84.6 cm³/mol. The van der Waals surface area contributed by atoms with Crippen molar-refractivity contribution in [1.29, 1.82) is 0 Å². The summed E-state index contributed by atoms with van der Waals surface area (Å²) in [6.45, 7) is 0.244. The van der Waals surface area contributed by atoms with Gasteiger partial charge < -0.3 is 10.5 Å². The molecule has 0 atom stereocenters. The molecule has 2 N–H and O–H groups in total. The molecule has 0 amide bonds. The number of nitrogens with zero attached hydrogens (tertiary/aromatic N) is 1. The molecular formula is C16H12BrFN2O. The van der Waals surface area contributed by atoms with Gasteiger partial charge >= 0.3 is 0 Å². The SMILES string of the molecule is Nc1ccc(OCc2cc(F)ccc2Br)c2ncccc12. The van der Waals surface area contributed by atoms with Gasteiger partial charge in [0.2, 0.25) is 0 Å². The quantitative estimate of drug-likeness (QED) is 0.719. The van der Waals surface area contributed by atoms with E-state index in [-0.39, 0.29) is 12.4 Å². The number of halogens is 2. The van der Waals surface area contributed by atoms with Gasteiger partial charge in [0, 0.05) is 27.3 Å². The predicted octanol–water partition coefficient (Wildman–Crippen LogP) is 4.30. The zero-order valence-corrected chi connectivity index (χ0v) is 12.6. The highest BCUT2D eigenvalue weighted by Crippen LogP contribution is 2.29. The molecule has 0 aliphatic rings. The van der Waals surface area contributed by atoms with E-state index in [9.17, 15) is 4.39 Å². The van der Waals surface area contributed by atoms with Gasteiger partial charge in [-0.2, -0.15) is 0 Å². The zero-order valence-electron chi connectivity index (χ0n) is 11.0. The summed E-state index contributed by atoms with van der Waals surface area (Å²) in [6, 6.07) is 11.8. The van der Waals surface area contributed by atoms with Crippen molar-refractivity contribution < 1.29 is 9.13 Å². The highest BCUT2D eigenvalue weighted by molar-refractivity contribution is 9.10. The third-order valence-corrected chi connectivity index (χ3v) is 3.93. The molecule has 21 heavy (non-hydrogen) atoms. The number of ether oxygens (including phenoxy) is 1. The lowest BCUT2D eigenvalue weighted by atomic mass is 10.1. The molecular weight excluding hydrogens is 335 g/mol. The Hall–Kier alpha value is -2.14. The van der Waals surface area contributed by atoms with Crippen LogP contribution in [-0.2, 0) is 6.61 Å². The highest BCUT2D eigenvalue weighted by Gasteiger charge is 2.08. The summed E-state index contributed by atoms with van der Waals surface area (Å²) in [6.07, 6.45) is 1.69. The molecule has 3 aromatic rings. The largest absolute Gasteiger partial charge is 0.487 e. The van der Waals surface area contributed by atoms with E-state index in [4.69, 9.17) is 10.5 Å². The monoisotopic (exact) mass is 346 g/mol. The number of fused-ring (bicyclic) bond motifs is 1. The number of hydrogen-bond acceptors (Lipinski definition) is 3. The van der Waals surface area contributed by atoms with Crippen LogP contribution in [0.25, 0.3) is 10.9 Å². The summed E-state index contributed by atoms with van der Waals surface area (Å²) < 4.78 is 19.9. The van der Waals surface area contributed by atoms with Gasteiger partial charge in [-0.1, -0.05) is 15.9 Å². The van der Waals surface area contributed by atoms with E-state index in [1.165, 1.54) is 12.1 Å². The molecule has 0 saturated carbocycles. The number of nitrogen functional groups attached to an aromatic ring is 1. The lowest BCUT2D eigenvalue weighted by Crippen LogP contribution is -1.99. The first-order chi connectivity index (χ1) is 10.1. The van der Waals surface area contributed by atoms with E-state index >= 15 is 0 Å². The van der Waals surface area contributed by atoms with E-state index < -0.39 is 0 Å². The Labute approximate surface area is 129 Å². The molecule has 0 unspecified atom stereocenters. The second-order valence-electron chi connectivity index (χ2n) is 4.58. The fourth-order valence-corrected chi connectivity index (χ4v) is 2.46. The molecule has 0 aliphatic carbocycles. The summed E-state index contributed by atoms with van der Waals surface area (Å²) in [5.74, 6) is 0.327. The Bertz CT molecular complexity index is 807. The van der Waals surface area contributed by atoms with Crippen LogP contribution in [0.3, 0.4) is 0 Å². The molecule has 0 saturated heterocycles. The van der Waals surface area contributed by atoms with Gasteiger partial charge in [-0.25, -0.2) is 4.39 Å². The van der Waals surface area contributed by atoms with Crippen molar-refractivity contribution in [2.24, 2.45) is 0 Å². The minimum Gasteiger partial charge on any atom is -0.487 e. The minimum absolute atomic E-state index is 0.244. The number of pyridine rings is 1. The van der Waals surface area contributed by atoms with Crippen LogP contribution in [-0.4, -0.2) is 4.98 Å². The number of hydrogen-bond donors (Lipinski definition) is 1. The van der Waals surface area contributed by atoms with Crippen molar-refractivity contribution in [3.63, 3.8) is 0 Å². The fraction of sp³-hybridized carbons (Fsp3) is 0.0625. The molecule has 1 heterocycles. The highest BCUT2D eigenvalue weighted by atomic mass is 79.9. The van der Waals surface area contributed by atoms with Crippen molar-refractivity contribution >= 4 is 32.5 Å². The van der Waals surface area contributed by atoms with Crippen molar-refractivity contribution in [1.82, 2.24) is 4.98 Å². The molecule has 1 aromatic heterocycles. The van der Waals surface area contributed by atoms with Gasteiger partial charge in [-0.15, -0.1) is 0 Å². The number of rotatable bonds is 3. The maximum atomic E-state index is 13.3. The summed E-state index contributed by atoms with van der Waals surface area (Å²) in [5.41, 5.74) is 8.01. The number of aromatic nitrogens is 1. The van der Waals surface area contributed by atoms with Crippen LogP contribution >= 0.6 is 15.9 Å². The van der Waals surface area contributed by atoms with Crippen LogP contribution in [0.2, 0.25) is 0 Å². The van der Waals surface area contributed by atoms with Gasteiger partial charge in [0.15, 0.2) is 0 Å². The van der Waals surface area contributed by atoms with Crippen LogP contribution in [0.1, 0.15) is 5.56 Å². The fourth-order valence-electron chi connectivity index (χ4n) is 2.09. The Morgan fingerprint density at radius 2 is 2.05 bits per heavy atom. The summed E-state index contributed by atoms with van der Waals surface area (Å²) >= 11 is 3.38. The van der Waals surface area contributed by atoms with E-state index in [0.29, 0.717) is 17.0 Å². The molecule has 0 radical (unpaired) electrons. The first kappa shape index (κ1) is 13.8. The molecule has 106 valence electrons. The summed E-state index contributed by atoms with van der Waals surface area (Å²) in [4.78, 5) is 4.30. The Morgan fingerprint density at radius 1 is 1.19 bits per heavy atom. The second-order valence-corrected chi connectivity index (χ2v) is 5.43. The standard InChI is InChI=1S/C16H12BrFN2O/c17-13-4-3-11(18)8-10(13)9-21-15-6-5-14(19)12-2-1-7-20-16(12)15/h1-8H,9,19H2. The van der Waals surface area contributed by atoms with E-state index in [2.05, 4.69) is 20.9 Å². The molecule has 0 aliphatic heterocycles. The van der Waals surface area contributed by atoms with E-state index in [1.807, 2.05) is 12.1 Å². The third-order valence-electron chi connectivity index (χ3n) is 3.16. The molecule has 5 heteroatoms. The molecule has 3 nitrogen and oxygen atoms in total.